The van der Waals surface area contributed by atoms with Crippen molar-refractivity contribution < 1.29 is 9.53 Å². The summed E-state index contributed by atoms with van der Waals surface area (Å²) in [5, 5.41) is 3.37. The molecular formula is C11H20N2O2. The molecule has 0 aromatic rings. The summed E-state index contributed by atoms with van der Waals surface area (Å²) < 4.78 is 4.97. The highest BCUT2D eigenvalue weighted by Crippen LogP contribution is 2.23. The fraction of sp³-hybridized carbons (Fsp3) is 0.909. The topological polar surface area (TPSA) is 41.6 Å². The number of nitrogens with one attached hydrogen (secondary N) is 1. The minimum Gasteiger partial charge on any atom is -0.463 e. The number of cyclic esters (lactones) is 1. The number of likely N-dealkylation sites (N-methyl/N-ethyl adjacent to an activating group) is 1. The van der Waals surface area contributed by atoms with E-state index >= 15 is 0 Å². The van der Waals surface area contributed by atoms with Crippen molar-refractivity contribution >= 4 is 5.97 Å². The molecule has 0 aromatic carbocycles. The van der Waals surface area contributed by atoms with E-state index in [-0.39, 0.29) is 5.97 Å². The van der Waals surface area contributed by atoms with Gasteiger partial charge in [0.2, 0.25) is 0 Å². The zero-order chi connectivity index (χ0) is 10.7. The second-order valence-corrected chi connectivity index (χ2v) is 4.44. The Kier molecular flexibility index (Phi) is 3.59. The number of esters is 1. The average Bonchev–Trinajstić information content (AvgIpc) is 2.29. The Morgan fingerprint density at radius 2 is 2.20 bits per heavy atom. The van der Waals surface area contributed by atoms with Gasteiger partial charge in [0.15, 0.2) is 0 Å². The van der Waals surface area contributed by atoms with Crippen LogP contribution in [0.3, 0.4) is 0 Å². The van der Waals surface area contributed by atoms with Crippen molar-refractivity contribution in [3.8, 4) is 0 Å². The minimum absolute atomic E-state index is 0.0679. The van der Waals surface area contributed by atoms with Crippen LogP contribution in [0.25, 0.3) is 0 Å². The van der Waals surface area contributed by atoms with E-state index in [0.717, 1.165) is 6.54 Å². The van der Waals surface area contributed by atoms with E-state index in [1.54, 1.807) is 0 Å². The molecule has 0 spiro atoms. The molecule has 1 N–H and O–H groups in total. The third-order valence-electron chi connectivity index (χ3n) is 3.54. The van der Waals surface area contributed by atoms with Gasteiger partial charge in [0, 0.05) is 18.6 Å². The lowest BCUT2D eigenvalue weighted by Crippen LogP contribution is -2.55. The second kappa shape index (κ2) is 4.94. The van der Waals surface area contributed by atoms with Crippen molar-refractivity contribution in [3.05, 3.63) is 0 Å². The number of nitrogens with zero attached hydrogens (tertiary/aromatic N) is 1. The average molecular weight is 212 g/mol. The van der Waals surface area contributed by atoms with E-state index in [1.807, 2.05) is 7.05 Å². The van der Waals surface area contributed by atoms with E-state index in [1.165, 1.54) is 25.7 Å². The Bertz CT molecular complexity index is 233. The highest BCUT2D eigenvalue weighted by Gasteiger charge is 2.32. The fourth-order valence-electron chi connectivity index (χ4n) is 2.74. The van der Waals surface area contributed by atoms with Crippen molar-refractivity contribution in [1.29, 1.82) is 0 Å². The lowest BCUT2D eigenvalue weighted by Gasteiger charge is -2.40. The molecule has 2 atom stereocenters. The number of hydrogen-bond donors (Lipinski definition) is 1. The zero-order valence-corrected chi connectivity index (χ0v) is 9.37. The smallest absolute Gasteiger partial charge is 0.320 e. The predicted octanol–water partition coefficient (Wildman–Crippen LogP) is 0.376. The van der Waals surface area contributed by atoms with Crippen molar-refractivity contribution in [2.45, 2.75) is 37.8 Å². The van der Waals surface area contributed by atoms with Crippen LogP contribution in [0, 0.1) is 0 Å². The van der Waals surface area contributed by atoms with Gasteiger partial charge in [0.25, 0.3) is 0 Å². The first-order valence-corrected chi connectivity index (χ1v) is 5.88. The van der Waals surface area contributed by atoms with Gasteiger partial charge >= 0.3 is 5.97 Å². The van der Waals surface area contributed by atoms with Crippen LogP contribution >= 0.6 is 0 Å². The molecule has 2 fully saturated rings. The SMILES string of the molecule is CNC1CCCCC1N1CCOC(=O)C1. The summed E-state index contributed by atoms with van der Waals surface area (Å²) in [5.41, 5.74) is 0. The molecule has 0 radical (unpaired) electrons. The van der Waals surface area contributed by atoms with Crippen LogP contribution < -0.4 is 5.32 Å². The Balaban J connectivity index is 1.97. The molecule has 4 nitrogen and oxygen atoms in total. The summed E-state index contributed by atoms with van der Waals surface area (Å²) >= 11 is 0. The lowest BCUT2D eigenvalue weighted by molar-refractivity contribution is -0.152. The maximum Gasteiger partial charge on any atom is 0.320 e. The van der Waals surface area contributed by atoms with E-state index in [2.05, 4.69) is 10.2 Å². The lowest BCUT2D eigenvalue weighted by atomic mass is 9.89. The molecule has 0 amide bonds. The van der Waals surface area contributed by atoms with Gasteiger partial charge in [0.1, 0.15) is 6.61 Å². The van der Waals surface area contributed by atoms with Crippen LogP contribution in [-0.4, -0.2) is 49.7 Å². The van der Waals surface area contributed by atoms with Gasteiger partial charge in [0.05, 0.1) is 6.54 Å². The van der Waals surface area contributed by atoms with Crippen LogP contribution in [0.5, 0.6) is 0 Å². The maximum absolute atomic E-state index is 11.2. The van der Waals surface area contributed by atoms with Crippen molar-refractivity contribution in [1.82, 2.24) is 10.2 Å². The van der Waals surface area contributed by atoms with Crippen LogP contribution in [0.4, 0.5) is 0 Å². The van der Waals surface area contributed by atoms with E-state index < -0.39 is 0 Å². The molecule has 1 heterocycles. The molecule has 2 aliphatic rings. The molecule has 1 aliphatic heterocycles. The molecule has 1 aliphatic carbocycles. The molecule has 4 heteroatoms. The summed E-state index contributed by atoms with van der Waals surface area (Å²) in [6, 6.07) is 1.07. The number of morpholine rings is 1. The summed E-state index contributed by atoms with van der Waals surface area (Å²) in [4.78, 5) is 13.5. The Hall–Kier alpha value is -0.610. The number of carbonyl (C=O) groups excluding carboxylic acids is 1. The second-order valence-electron chi connectivity index (χ2n) is 4.44. The number of ether oxygens (including phenoxy) is 1. The van der Waals surface area contributed by atoms with E-state index in [4.69, 9.17) is 4.74 Å². The van der Waals surface area contributed by atoms with Gasteiger partial charge in [-0.15, -0.1) is 0 Å². The normalized spacial score (nSPS) is 33.8. The minimum atomic E-state index is -0.0679. The molecule has 0 bridgehead atoms. The van der Waals surface area contributed by atoms with Crippen LogP contribution in [0.1, 0.15) is 25.7 Å². The maximum atomic E-state index is 11.2. The van der Waals surface area contributed by atoms with Gasteiger partial charge in [-0.05, 0) is 19.9 Å². The zero-order valence-electron chi connectivity index (χ0n) is 9.37. The van der Waals surface area contributed by atoms with Crippen molar-refractivity contribution in [2.24, 2.45) is 0 Å². The third-order valence-corrected chi connectivity index (χ3v) is 3.54. The highest BCUT2D eigenvalue weighted by molar-refractivity contribution is 5.72. The van der Waals surface area contributed by atoms with Gasteiger partial charge < -0.3 is 10.1 Å². The first kappa shape index (κ1) is 10.9. The van der Waals surface area contributed by atoms with Crippen molar-refractivity contribution in [3.63, 3.8) is 0 Å². The Morgan fingerprint density at radius 3 is 2.93 bits per heavy atom. The molecule has 2 rings (SSSR count). The number of hydrogen-bond acceptors (Lipinski definition) is 4. The van der Waals surface area contributed by atoms with Gasteiger partial charge in [-0.2, -0.15) is 0 Å². The molecule has 1 saturated heterocycles. The first-order chi connectivity index (χ1) is 7.31. The summed E-state index contributed by atoms with van der Waals surface area (Å²) in [5.74, 6) is -0.0679. The van der Waals surface area contributed by atoms with Crippen LogP contribution in [-0.2, 0) is 9.53 Å². The largest absolute Gasteiger partial charge is 0.463 e. The van der Waals surface area contributed by atoms with Crippen LogP contribution in [0.15, 0.2) is 0 Å². The predicted molar refractivity (Wildman–Crippen MR) is 57.6 cm³/mol. The Morgan fingerprint density at radius 1 is 1.40 bits per heavy atom. The highest BCUT2D eigenvalue weighted by atomic mass is 16.5. The molecule has 15 heavy (non-hydrogen) atoms. The number of rotatable bonds is 2. The van der Waals surface area contributed by atoms with Gasteiger partial charge in [-0.1, -0.05) is 12.8 Å². The summed E-state index contributed by atoms with van der Waals surface area (Å²) in [6.45, 7) is 1.93. The van der Waals surface area contributed by atoms with E-state index in [9.17, 15) is 4.79 Å². The molecule has 2 unspecified atom stereocenters. The van der Waals surface area contributed by atoms with Gasteiger partial charge in [-0.25, -0.2) is 0 Å². The molecular weight excluding hydrogens is 192 g/mol. The molecule has 86 valence electrons. The van der Waals surface area contributed by atoms with Crippen LogP contribution in [0.2, 0.25) is 0 Å². The first-order valence-electron chi connectivity index (χ1n) is 5.88. The monoisotopic (exact) mass is 212 g/mol. The third kappa shape index (κ3) is 2.49. The number of carbonyl (C=O) groups is 1. The summed E-state index contributed by atoms with van der Waals surface area (Å²) in [7, 11) is 2.02. The van der Waals surface area contributed by atoms with Gasteiger partial charge in [-0.3, -0.25) is 9.69 Å². The molecule has 1 saturated carbocycles. The molecule has 0 aromatic heterocycles. The van der Waals surface area contributed by atoms with E-state index in [0.29, 0.717) is 25.2 Å². The quantitative estimate of drug-likeness (QED) is 0.672. The summed E-state index contributed by atoms with van der Waals surface area (Å²) in [6.07, 6.45) is 5.03. The fourth-order valence-corrected chi connectivity index (χ4v) is 2.74. The standard InChI is InChI=1S/C11H20N2O2/c1-12-9-4-2-3-5-10(9)13-6-7-15-11(14)8-13/h9-10,12H,2-8H2,1H3. The Labute approximate surface area is 91.0 Å². The van der Waals surface area contributed by atoms with Crippen molar-refractivity contribution in [2.75, 3.05) is 26.7 Å².